The third-order valence-electron chi connectivity index (χ3n) is 2.29. The smallest absolute Gasteiger partial charge is 0.322 e. The minimum absolute atomic E-state index is 0.0445. The van der Waals surface area contributed by atoms with Crippen LogP contribution in [0.1, 0.15) is 11.4 Å². The predicted molar refractivity (Wildman–Crippen MR) is 64.6 cm³/mol. The molecular weight excluding hydrogens is 253 g/mol. The van der Waals surface area contributed by atoms with Crippen molar-refractivity contribution in [3.8, 4) is 11.8 Å². The van der Waals surface area contributed by atoms with Gasteiger partial charge in [0.25, 0.3) is 5.69 Å². The van der Waals surface area contributed by atoms with Crippen molar-refractivity contribution in [3.05, 3.63) is 51.6 Å². The average Bonchev–Trinajstić information content (AvgIpc) is 2.30. The van der Waals surface area contributed by atoms with Crippen molar-refractivity contribution >= 4 is 5.69 Å². The van der Waals surface area contributed by atoms with Gasteiger partial charge >= 0.3 is 6.01 Å². The van der Waals surface area contributed by atoms with Crippen LogP contribution in [-0.4, -0.2) is 14.9 Å². The lowest BCUT2D eigenvalue weighted by molar-refractivity contribution is -0.385. The van der Waals surface area contributed by atoms with Crippen LogP contribution in [0.4, 0.5) is 10.1 Å². The van der Waals surface area contributed by atoms with E-state index in [0.29, 0.717) is 11.4 Å². The summed E-state index contributed by atoms with van der Waals surface area (Å²) in [6.07, 6.45) is 0. The van der Waals surface area contributed by atoms with Crippen molar-refractivity contribution in [3.63, 3.8) is 0 Å². The van der Waals surface area contributed by atoms with Gasteiger partial charge in [0.05, 0.1) is 11.0 Å². The number of halogens is 1. The van der Waals surface area contributed by atoms with Crippen molar-refractivity contribution in [2.24, 2.45) is 0 Å². The molecule has 2 rings (SSSR count). The first kappa shape index (κ1) is 12.9. The topological polar surface area (TPSA) is 78.2 Å². The Kier molecular flexibility index (Phi) is 3.37. The summed E-state index contributed by atoms with van der Waals surface area (Å²) in [5, 5.41) is 10.6. The summed E-state index contributed by atoms with van der Waals surface area (Å²) in [5.41, 5.74) is 1.06. The quantitative estimate of drug-likeness (QED) is 0.628. The Morgan fingerprint density at radius 1 is 1.21 bits per heavy atom. The maximum Gasteiger partial charge on any atom is 0.322 e. The van der Waals surface area contributed by atoms with E-state index in [0.717, 1.165) is 18.2 Å². The summed E-state index contributed by atoms with van der Waals surface area (Å²) in [7, 11) is 0. The van der Waals surface area contributed by atoms with Crippen LogP contribution < -0.4 is 4.74 Å². The molecule has 0 aliphatic heterocycles. The number of hydrogen-bond donors (Lipinski definition) is 0. The zero-order chi connectivity index (χ0) is 14.0. The highest BCUT2D eigenvalue weighted by Crippen LogP contribution is 2.26. The van der Waals surface area contributed by atoms with Crippen LogP contribution in [0.5, 0.6) is 11.8 Å². The Balaban J connectivity index is 2.37. The van der Waals surface area contributed by atoms with E-state index in [2.05, 4.69) is 9.97 Å². The maximum atomic E-state index is 13.5. The zero-order valence-corrected chi connectivity index (χ0v) is 10.3. The number of ether oxygens (including phenoxy) is 1. The molecule has 0 aliphatic carbocycles. The number of benzene rings is 1. The molecule has 6 nitrogen and oxygen atoms in total. The number of rotatable bonds is 3. The van der Waals surface area contributed by atoms with Crippen LogP contribution in [0.15, 0.2) is 24.3 Å². The Hall–Kier alpha value is -2.57. The van der Waals surface area contributed by atoms with Gasteiger partial charge in [-0.2, -0.15) is 0 Å². The second kappa shape index (κ2) is 4.97. The van der Waals surface area contributed by atoms with Crippen molar-refractivity contribution in [1.82, 2.24) is 9.97 Å². The van der Waals surface area contributed by atoms with Crippen molar-refractivity contribution in [2.45, 2.75) is 13.8 Å². The lowest BCUT2D eigenvalue weighted by Crippen LogP contribution is -1.98. The second-order valence-electron chi connectivity index (χ2n) is 3.91. The summed E-state index contributed by atoms with van der Waals surface area (Å²) in [4.78, 5) is 17.9. The SMILES string of the molecule is Cc1cc(C)nc(Oc2cc([N+](=O)[O-])ccc2F)n1. The average molecular weight is 263 g/mol. The molecule has 0 N–H and O–H groups in total. The summed E-state index contributed by atoms with van der Waals surface area (Å²) >= 11 is 0. The van der Waals surface area contributed by atoms with Crippen LogP contribution in [0.25, 0.3) is 0 Å². The normalized spacial score (nSPS) is 10.3. The van der Waals surface area contributed by atoms with Crippen molar-refractivity contribution < 1.29 is 14.1 Å². The van der Waals surface area contributed by atoms with Gasteiger partial charge in [0.15, 0.2) is 11.6 Å². The Labute approximate surface area is 108 Å². The number of non-ortho nitro benzene ring substituents is 1. The molecule has 98 valence electrons. The van der Waals surface area contributed by atoms with E-state index in [1.165, 1.54) is 0 Å². The number of aromatic nitrogens is 2. The van der Waals surface area contributed by atoms with Crippen LogP contribution in [0, 0.1) is 29.8 Å². The monoisotopic (exact) mass is 263 g/mol. The summed E-state index contributed by atoms with van der Waals surface area (Å²) in [5.74, 6) is -0.993. The fourth-order valence-electron chi connectivity index (χ4n) is 1.52. The first-order valence-corrected chi connectivity index (χ1v) is 5.40. The number of hydrogen-bond acceptors (Lipinski definition) is 5. The van der Waals surface area contributed by atoms with Crippen LogP contribution >= 0.6 is 0 Å². The highest BCUT2D eigenvalue weighted by molar-refractivity contribution is 5.40. The molecule has 1 aromatic heterocycles. The number of nitro benzene ring substituents is 1. The Morgan fingerprint density at radius 3 is 2.42 bits per heavy atom. The van der Waals surface area contributed by atoms with E-state index in [9.17, 15) is 14.5 Å². The fraction of sp³-hybridized carbons (Fsp3) is 0.167. The molecule has 0 unspecified atom stereocenters. The molecule has 0 fully saturated rings. The maximum absolute atomic E-state index is 13.5. The van der Waals surface area contributed by atoms with Gasteiger partial charge in [0.2, 0.25) is 0 Å². The van der Waals surface area contributed by atoms with E-state index in [-0.39, 0.29) is 17.4 Å². The zero-order valence-electron chi connectivity index (χ0n) is 10.3. The lowest BCUT2D eigenvalue weighted by atomic mass is 10.3. The van der Waals surface area contributed by atoms with Crippen molar-refractivity contribution in [2.75, 3.05) is 0 Å². The molecule has 0 bridgehead atoms. The van der Waals surface area contributed by atoms with E-state index in [1.54, 1.807) is 19.9 Å². The highest BCUT2D eigenvalue weighted by atomic mass is 19.1. The molecule has 1 heterocycles. The first-order valence-electron chi connectivity index (χ1n) is 5.40. The Bertz CT molecular complexity index is 626. The molecule has 0 amide bonds. The van der Waals surface area contributed by atoms with Gasteiger partial charge in [-0.1, -0.05) is 0 Å². The summed E-state index contributed by atoms with van der Waals surface area (Å²) in [6.45, 7) is 3.48. The van der Waals surface area contributed by atoms with E-state index >= 15 is 0 Å². The van der Waals surface area contributed by atoms with Gasteiger partial charge in [-0.3, -0.25) is 10.1 Å². The molecule has 2 aromatic rings. The molecule has 0 radical (unpaired) electrons. The molecule has 7 heteroatoms. The number of nitrogens with zero attached hydrogens (tertiary/aromatic N) is 3. The van der Waals surface area contributed by atoms with Gasteiger partial charge in [-0.25, -0.2) is 14.4 Å². The number of nitro groups is 1. The lowest BCUT2D eigenvalue weighted by Gasteiger charge is -2.06. The van der Waals surface area contributed by atoms with Crippen LogP contribution in [-0.2, 0) is 0 Å². The largest absolute Gasteiger partial charge is 0.421 e. The Morgan fingerprint density at radius 2 is 1.84 bits per heavy atom. The van der Waals surface area contributed by atoms with E-state index < -0.39 is 10.7 Å². The van der Waals surface area contributed by atoms with E-state index in [1.807, 2.05) is 0 Å². The summed E-state index contributed by atoms with van der Waals surface area (Å²) in [6, 6.07) is 4.71. The van der Waals surface area contributed by atoms with Gasteiger partial charge in [0, 0.05) is 17.5 Å². The molecule has 0 saturated carbocycles. The molecular formula is C12H10FN3O3. The van der Waals surface area contributed by atoms with Crippen molar-refractivity contribution in [1.29, 1.82) is 0 Å². The van der Waals surface area contributed by atoms with Crippen LogP contribution in [0.2, 0.25) is 0 Å². The van der Waals surface area contributed by atoms with Gasteiger partial charge in [-0.15, -0.1) is 0 Å². The second-order valence-corrected chi connectivity index (χ2v) is 3.91. The molecule has 0 saturated heterocycles. The third kappa shape index (κ3) is 3.01. The minimum atomic E-state index is -0.714. The minimum Gasteiger partial charge on any atom is -0.421 e. The highest BCUT2D eigenvalue weighted by Gasteiger charge is 2.14. The number of aryl methyl sites for hydroxylation is 2. The van der Waals surface area contributed by atoms with Gasteiger partial charge in [-0.05, 0) is 26.0 Å². The first-order chi connectivity index (χ1) is 8.95. The van der Waals surface area contributed by atoms with Gasteiger partial charge < -0.3 is 4.74 Å². The summed E-state index contributed by atoms with van der Waals surface area (Å²) < 4.78 is 18.7. The van der Waals surface area contributed by atoms with E-state index in [4.69, 9.17) is 4.74 Å². The molecule has 0 aliphatic rings. The predicted octanol–water partition coefficient (Wildman–Crippen LogP) is 2.93. The molecule has 0 atom stereocenters. The standard InChI is InChI=1S/C12H10FN3O3/c1-7-5-8(2)15-12(14-7)19-11-6-9(16(17)18)3-4-10(11)13/h3-6H,1-2H3. The molecule has 1 aromatic carbocycles. The molecule has 19 heavy (non-hydrogen) atoms. The third-order valence-corrected chi connectivity index (χ3v) is 2.29. The van der Waals surface area contributed by atoms with Gasteiger partial charge in [0.1, 0.15) is 0 Å². The fourth-order valence-corrected chi connectivity index (χ4v) is 1.52. The van der Waals surface area contributed by atoms with Crippen LogP contribution in [0.3, 0.4) is 0 Å². The molecule has 0 spiro atoms.